The monoisotopic (exact) mass is 458 g/mol. The van der Waals surface area contributed by atoms with Gasteiger partial charge in [0.1, 0.15) is 4.88 Å². The van der Waals surface area contributed by atoms with Crippen molar-refractivity contribution in [2.24, 2.45) is 0 Å². The molecule has 0 spiro atoms. The fourth-order valence-electron chi connectivity index (χ4n) is 3.61. The molecule has 0 radical (unpaired) electrons. The first-order valence-electron chi connectivity index (χ1n) is 10.2. The first kappa shape index (κ1) is 20.1. The van der Waals surface area contributed by atoms with Gasteiger partial charge >= 0.3 is 0 Å². The lowest BCUT2D eigenvalue weighted by Crippen LogP contribution is -2.34. The van der Waals surface area contributed by atoms with Crippen molar-refractivity contribution in [3.05, 3.63) is 77.8 Å². The summed E-state index contributed by atoms with van der Waals surface area (Å²) in [5.41, 5.74) is 2.59. The molecule has 31 heavy (non-hydrogen) atoms. The van der Waals surface area contributed by atoms with Gasteiger partial charge in [-0.05, 0) is 40.2 Å². The highest BCUT2D eigenvalue weighted by atomic mass is 32.1. The zero-order valence-electron chi connectivity index (χ0n) is 17.6. The summed E-state index contributed by atoms with van der Waals surface area (Å²) in [6, 6.07) is 22.6. The summed E-state index contributed by atoms with van der Waals surface area (Å²) in [5, 5.41) is 5.37. The third-order valence-electron chi connectivity index (χ3n) is 5.25. The quantitative estimate of drug-likeness (QED) is 0.295. The van der Waals surface area contributed by atoms with Gasteiger partial charge in [0.15, 0.2) is 0 Å². The largest absolute Gasteiger partial charge is 0.319 e. The third kappa shape index (κ3) is 3.82. The molecule has 1 N–H and O–H groups in total. The number of hydrogen-bond donors (Lipinski definition) is 1. The molecule has 0 aliphatic rings. The van der Waals surface area contributed by atoms with Crippen molar-refractivity contribution in [1.29, 1.82) is 0 Å². The highest BCUT2D eigenvalue weighted by Crippen LogP contribution is 2.38. The molecule has 0 fully saturated rings. The number of fused-ring (bicyclic) bond motifs is 2. The van der Waals surface area contributed by atoms with E-state index >= 15 is 0 Å². The van der Waals surface area contributed by atoms with Crippen molar-refractivity contribution >= 4 is 67.8 Å². The Morgan fingerprint density at radius 3 is 2.48 bits per heavy atom. The van der Waals surface area contributed by atoms with Crippen LogP contribution >= 0.6 is 22.7 Å². The highest BCUT2D eigenvalue weighted by molar-refractivity contribution is 7.29. The third-order valence-corrected chi connectivity index (χ3v) is 11.1. The standard InChI is InChI=1S/C25H22N2OS2Si/c1-31(2,3)22-15-18(21-14-17-8-4-5-12-20(17)29-21)24(30-22)25(28)27-19-11-6-9-16-10-7-13-26-23(16)19/h4-15H,1-3H3,(H,27,28). The maximum atomic E-state index is 13.5. The maximum Gasteiger partial charge on any atom is 0.266 e. The van der Waals surface area contributed by atoms with Gasteiger partial charge in [-0.25, -0.2) is 0 Å². The van der Waals surface area contributed by atoms with E-state index in [1.54, 1.807) is 28.9 Å². The second-order valence-electron chi connectivity index (χ2n) is 8.59. The van der Waals surface area contributed by atoms with Crippen LogP contribution in [0.5, 0.6) is 0 Å². The summed E-state index contributed by atoms with van der Waals surface area (Å²) in [7, 11) is -1.57. The van der Waals surface area contributed by atoms with E-state index in [0.717, 1.165) is 31.9 Å². The molecule has 6 heteroatoms. The summed E-state index contributed by atoms with van der Waals surface area (Å²) >= 11 is 3.38. The number of nitrogens with zero attached hydrogens (tertiary/aromatic N) is 1. The van der Waals surface area contributed by atoms with Gasteiger partial charge in [-0.2, -0.15) is 0 Å². The number of carbonyl (C=O) groups is 1. The molecule has 3 aromatic heterocycles. The second kappa shape index (κ2) is 7.71. The number of amides is 1. The van der Waals surface area contributed by atoms with Crippen LogP contribution in [0.2, 0.25) is 19.6 Å². The molecule has 5 rings (SSSR count). The van der Waals surface area contributed by atoms with E-state index in [1.165, 1.54) is 14.6 Å². The lowest BCUT2D eigenvalue weighted by Gasteiger charge is -2.12. The second-order valence-corrected chi connectivity index (χ2v) is 16.1. The number of aromatic nitrogens is 1. The Bertz CT molecular complexity index is 1390. The molecule has 3 nitrogen and oxygen atoms in total. The van der Waals surface area contributed by atoms with Gasteiger partial charge in [-0.3, -0.25) is 9.78 Å². The van der Waals surface area contributed by atoms with Crippen LogP contribution in [-0.2, 0) is 0 Å². The summed E-state index contributed by atoms with van der Waals surface area (Å²) in [5.74, 6) is -0.0693. The van der Waals surface area contributed by atoms with Crippen LogP contribution < -0.4 is 9.82 Å². The average molecular weight is 459 g/mol. The Kier molecular flexibility index (Phi) is 5.00. The molecule has 5 aromatic rings. The van der Waals surface area contributed by atoms with Crippen molar-refractivity contribution < 1.29 is 4.79 Å². The zero-order chi connectivity index (χ0) is 21.6. The van der Waals surface area contributed by atoms with Gasteiger partial charge in [0.05, 0.1) is 19.3 Å². The predicted octanol–water partition coefficient (Wildman–Crippen LogP) is 6.98. The summed E-state index contributed by atoms with van der Waals surface area (Å²) in [4.78, 5) is 19.9. The Morgan fingerprint density at radius 1 is 0.903 bits per heavy atom. The van der Waals surface area contributed by atoms with Gasteiger partial charge in [0.25, 0.3) is 5.91 Å². The number of rotatable bonds is 4. The van der Waals surface area contributed by atoms with Crippen LogP contribution in [0.25, 0.3) is 31.4 Å². The van der Waals surface area contributed by atoms with Crippen molar-refractivity contribution in [2.75, 3.05) is 5.32 Å². The van der Waals surface area contributed by atoms with E-state index in [0.29, 0.717) is 0 Å². The predicted molar refractivity (Wildman–Crippen MR) is 138 cm³/mol. The van der Waals surface area contributed by atoms with E-state index < -0.39 is 8.07 Å². The van der Waals surface area contributed by atoms with Gasteiger partial charge in [-0.15, -0.1) is 22.7 Å². The molecule has 0 saturated carbocycles. The number of thiophene rings is 2. The minimum atomic E-state index is -1.57. The number of carbonyl (C=O) groups excluding carboxylic acids is 1. The van der Waals surface area contributed by atoms with Crippen LogP contribution in [0.15, 0.2) is 72.9 Å². The average Bonchev–Trinajstić information content (AvgIpc) is 3.38. The first-order valence-corrected chi connectivity index (χ1v) is 15.3. The summed E-state index contributed by atoms with van der Waals surface area (Å²) < 4.78 is 2.57. The number of nitrogens with one attached hydrogen (secondary N) is 1. The summed E-state index contributed by atoms with van der Waals surface area (Å²) in [6.07, 6.45) is 1.76. The van der Waals surface area contributed by atoms with Gasteiger partial charge in [-0.1, -0.05) is 56.0 Å². The van der Waals surface area contributed by atoms with Crippen LogP contribution in [0.3, 0.4) is 0 Å². The highest BCUT2D eigenvalue weighted by Gasteiger charge is 2.26. The number of benzene rings is 2. The molecule has 0 saturated heterocycles. The van der Waals surface area contributed by atoms with E-state index in [2.05, 4.69) is 66.3 Å². The lowest BCUT2D eigenvalue weighted by atomic mass is 10.1. The van der Waals surface area contributed by atoms with Crippen LogP contribution in [0, 0.1) is 0 Å². The van der Waals surface area contributed by atoms with Crippen LogP contribution in [0.1, 0.15) is 9.67 Å². The Hall–Kier alpha value is -2.80. The first-order chi connectivity index (χ1) is 14.9. The smallest absolute Gasteiger partial charge is 0.266 e. The molecular formula is C25H22N2OS2Si. The minimum Gasteiger partial charge on any atom is -0.319 e. The lowest BCUT2D eigenvalue weighted by molar-refractivity contribution is 0.103. The minimum absolute atomic E-state index is 0.0693. The Labute approximate surface area is 190 Å². The molecule has 1 amide bonds. The Balaban J connectivity index is 1.60. The van der Waals surface area contributed by atoms with Gasteiger partial charge in [0, 0.05) is 26.7 Å². The number of para-hydroxylation sites is 1. The normalized spacial score (nSPS) is 11.8. The van der Waals surface area contributed by atoms with E-state index in [-0.39, 0.29) is 5.91 Å². The molecule has 0 atom stereocenters. The SMILES string of the molecule is C[Si](C)(C)c1cc(-c2cc3ccccc3s2)c(C(=O)Nc2cccc3cccnc23)s1. The van der Waals surface area contributed by atoms with Crippen LogP contribution in [0.4, 0.5) is 5.69 Å². The molecule has 0 aliphatic heterocycles. The van der Waals surface area contributed by atoms with Crippen LogP contribution in [-0.4, -0.2) is 19.0 Å². The molecule has 0 aliphatic carbocycles. The van der Waals surface area contributed by atoms with E-state index in [1.807, 2.05) is 30.3 Å². The topological polar surface area (TPSA) is 42.0 Å². The molecule has 0 bridgehead atoms. The maximum absolute atomic E-state index is 13.5. The zero-order valence-corrected chi connectivity index (χ0v) is 20.2. The van der Waals surface area contributed by atoms with Crippen molar-refractivity contribution in [2.45, 2.75) is 19.6 Å². The molecule has 154 valence electrons. The number of hydrogen-bond acceptors (Lipinski definition) is 4. The van der Waals surface area contributed by atoms with Crippen molar-refractivity contribution in [3.8, 4) is 10.4 Å². The van der Waals surface area contributed by atoms with Crippen molar-refractivity contribution in [1.82, 2.24) is 4.98 Å². The van der Waals surface area contributed by atoms with E-state index in [4.69, 9.17) is 0 Å². The number of pyridine rings is 1. The van der Waals surface area contributed by atoms with Gasteiger partial charge < -0.3 is 5.32 Å². The number of anilines is 1. The molecule has 0 unspecified atom stereocenters. The Morgan fingerprint density at radius 2 is 1.68 bits per heavy atom. The fraction of sp³-hybridized carbons (Fsp3) is 0.120. The molecule has 3 heterocycles. The summed E-state index contributed by atoms with van der Waals surface area (Å²) in [6.45, 7) is 6.97. The van der Waals surface area contributed by atoms with Crippen molar-refractivity contribution in [3.63, 3.8) is 0 Å². The van der Waals surface area contributed by atoms with E-state index in [9.17, 15) is 4.79 Å². The molecule has 2 aromatic carbocycles. The fourth-order valence-corrected chi connectivity index (χ4v) is 7.69. The molecular weight excluding hydrogens is 437 g/mol. The van der Waals surface area contributed by atoms with Gasteiger partial charge in [0.2, 0.25) is 0 Å².